The van der Waals surface area contributed by atoms with Crippen molar-refractivity contribution < 1.29 is 0 Å². The molecule has 0 N–H and O–H groups in total. The fourth-order valence-corrected chi connectivity index (χ4v) is 2.11. The highest BCUT2D eigenvalue weighted by Crippen LogP contribution is 2.72. The van der Waals surface area contributed by atoms with Crippen molar-refractivity contribution in [1.82, 2.24) is 0 Å². The summed E-state index contributed by atoms with van der Waals surface area (Å²) in [5.74, 6) is 1.96. The summed E-state index contributed by atoms with van der Waals surface area (Å²) < 4.78 is 0. The Kier molecular flexibility index (Phi) is 0.701. The Labute approximate surface area is 51.9 Å². The van der Waals surface area contributed by atoms with Gasteiger partial charge < -0.3 is 0 Å². The summed E-state index contributed by atoms with van der Waals surface area (Å²) in [5, 5.41) is 0.764. The van der Waals surface area contributed by atoms with Gasteiger partial charge in [-0.05, 0) is 5.92 Å². The first-order valence-corrected chi connectivity index (χ1v) is 3.62. The van der Waals surface area contributed by atoms with E-state index in [4.69, 9.17) is 0 Å². The fourth-order valence-electron chi connectivity index (χ4n) is 2.11. The Bertz CT molecular complexity index is 118. The summed E-state index contributed by atoms with van der Waals surface area (Å²) in [6, 6.07) is 0. The van der Waals surface area contributed by atoms with Crippen molar-refractivity contribution >= 4 is 7.28 Å². The van der Waals surface area contributed by atoms with Gasteiger partial charge in [0, 0.05) is 0 Å². The predicted octanol–water partition coefficient (Wildman–Crippen LogP) is 2.10. The molecule has 8 heavy (non-hydrogen) atoms. The molecule has 1 radical (unpaired) electrons. The monoisotopic (exact) mass is 107 g/mol. The molecule has 1 saturated heterocycles. The molecule has 2 aliphatic rings. The highest BCUT2D eigenvalue weighted by atomic mass is 14.5. The Morgan fingerprint density at radius 1 is 1.50 bits per heavy atom. The average molecular weight is 107 g/mol. The lowest BCUT2D eigenvalue weighted by atomic mass is 9.63. The van der Waals surface area contributed by atoms with E-state index in [2.05, 4.69) is 21.1 Å². The lowest BCUT2D eigenvalue weighted by Gasteiger charge is -2.36. The predicted molar refractivity (Wildman–Crippen MR) is 36.3 cm³/mol. The molecule has 43 valence electrons. The van der Waals surface area contributed by atoms with Gasteiger partial charge in [0.15, 0.2) is 0 Å². The van der Waals surface area contributed by atoms with Crippen LogP contribution in [0.15, 0.2) is 0 Å². The molecule has 0 aromatic heterocycles. The lowest BCUT2D eigenvalue weighted by Crippen LogP contribution is -2.20. The van der Waals surface area contributed by atoms with Crippen molar-refractivity contribution in [2.24, 2.45) is 5.92 Å². The quantitative estimate of drug-likeness (QED) is 0.416. The van der Waals surface area contributed by atoms with E-state index >= 15 is 0 Å². The highest BCUT2D eigenvalue weighted by molar-refractivity contribution is 6.57. The topological polar surface area (TPSA) is 0 Å². The van der Waals surface area contributed by atoms with Crippen molar-refractivity contribution in [1.29, 1.82) is 0 Å². The summed E-state index contributed by atoms with van der Waals surface area (Å²) in [4.78, 5) is 0. The van der Waals surface area contributed by atoms with Crippen LogP contribution >= 0.6 is 0 Å². The van der Waals surface area contributed by atoms with Gasteiger partial charge in [0.25, 0.3) is 0 Å². The molecule has 1 heterocycles. The molecule has 2 rings (SSSR count). The van der Waals surface area contributed by atoms with Crippen LogP contribution in [0.2, 0.25) is 11.1 Å². The third-order valence-corrected chi connectivity index (χ3v) is 3.23. The van der Waals surface area contributed by atoms with Gasteiger partial charge in [-0.1, -0.05) is 37.8 Å². The first kappa shape index (κ1) is 4.90. The van der Waals surface area contributed by atoms with Gasteiger partial charge in [0.05, 0.1) is 0 Å². The zero-order chi connectivity index (χ0) is 5.78. The minimum Gasteiger partial charge on any atom is -0.0722 e. The molecule has 0 amide bonds. The van der Waals surface area contributed by atoms with Crippen LogP contribution in [0, 0.1) is 5.92 Å². The van der Waals surface area contributed by atoms with Crippen LogP contribution in [0.5, 0.6) is 0 Å². The fraction of sp³-hybridized carbons (Fsp3) is 1.00. The molecule has 0 aromatic carbocycles. The van der Waals surface area contributed by atoms with Crippen LogP contribution in [-0.2, 0) is 0 Å². The third kappa shape index (κ3) is 0.351. The van der Waals surface area contributed by atoms with Gasteiger partial charge >= 0.3 is 0 Å². The van der Waals surface area contributed by atoms with Gasteiger partial charge in [0.2, 0.25) is 0 Å². The molecule has 1 aliphatic heterocycles. The molecular weight excluding hydrogens is 94.9 g/mol. The van der Waals surface area contributed by atoms with Crippen molar-refractivity contribution in [3.8, 4) is 0 Å². The van der Waals surface area contributed by atoms with E-state index < -0.39 is 0 Å². The second-order valence-electron chi connectivity index (χ2n) is 3.51. The van der Waals surface area contributed by atoms with Gasteiger partial charge in [0.1, 0.15) is 7.28 Å². The number of hydrogen-bond donors (Lipinski definition) is 0. The molecule has 1 heteroatoms. The standard InChI is InChI=1S/C7H12B/c1-5-3-4-7(5)6(2)8-7/h5-6H,3-4H2,1-2H3/t5?,6-,7-/m1/s1. The Hall–Kier alpha value is 0.0649. The summed E-state index contributed by atoms with van der Waals surface area (Å²) in [6.45, 7) is 4.72. The zero-order valence-corrected chi connectivity index (χ0v) is 5.65. The van der Waals surface area contributed by atoms with Gasteiger partial charge in [-0.3, -0.25) is 0 Å². The molecule has 0 nitrogen and oxygen atoms in total. The maximum Gasteiger partial charge on any atom is 0.121 e. The van der Waals surface area contributed by atoms with Gasteiger partial charge in [-0.15, -0.1) is 0 Å². The third-order valence-electron chi connectivity index (χ3n) is 3.23. The first-order chi connectivity index (χ1) is 3.76. The molecular formula is C7H12B. The normalized spacial score (nSPS) is 59.8. The van der Waals surface area contributed by atoms with E-state index in [1.807, 2.05) is 0 Å². The summed E-state index contributed by atoms with van der Waals surface area (Å²) in [7, 11) is 2.52. The number of hydrogen-bond acceptors (Lipinski definition) is 0. The van der Waals surface area contributed by atoms with Crippen LogP contribution in [0.4, 0.5) is 0 Å². The second-order valence-corrected chi connectivity index (χ2v) is 3.51. The van der Waals surface area contributed by atoms with Crippen molar-refractivity contribution in [2.75, 3.05) is 0 Å². The van der Waals surface area contributed by atoms with E-state index in [-0.39, 0.29) is 0 Å². The minimum atomic E-state index is 0.764. The van der Waals surface area contributed by atoms with Crippen LogP contribution in [0.25, 0.3) is 0 Å². The van der Waals surface area contributed by atoms with E-state index in [9.17, 15) is 0 Å². The number of rotatable bonds is 0. The molecule has 3 atom stereocenters. The maximum atomic E-state index is 2.52. The minimum absolute atomic E-state index is 0.764. The first-order valence-electron chi connectivity index (χ1n) is 3.62. The summed E-state index contributed by atoms with van der Waals surface area (Å²) >= 11 is 0. The SMILES string of the molecule is CC1CC[C@@]12[B][C@@H]2C. The smallest absolute Gasteiger partial charge is 0.0722 e. The van der Waals surface area contributed by atoms with Crippen molar-refractivity contribution in [3.63, 3.8) is 0 Å². The van der Waals surface area contributed by atoms with E-state index in [0.717, 1.165) is 17.0 Å². The Balaban J connectivity index is 2.08. The van der Waals surface area contributed by atoms with Crippen molar-refractivity contribution in [3.05, 3.63) is 0 Å². The Morgan fingerprint density at radius 2 is 2.12 bits per heavy atom. The molecule has 1 unspecified atom stereocenters. The van der Waals surface area contributed by atoms with Gasteiger partial charge in [-0.2, -0.15) is 0 Å². The van der Waals surface area contributed by atoms with E-state index in [1.54, 1.807) is 0 Å². The van der Waals surface area contributed by atoms with Crippen molar-refractivity contribution in [2.45, 2.75) is 37.8 Å². The van der Waals surface area contributed by atoms with Gasteiger partial charge in [-0.25, -0.2) is 0 Å². The largest absolute Gasteiger partial charge is 0.121 e. The Morgan fingerprint density at radius 3 is 2.12 bits per heavy atom. The highest BCUT2D eigenvalue weighted by Gasteiger charge is 2.59. The maximum absolute atomic E-state index is 2.52. The van der Waals surface area contributed by atoms with Crippen LogP contribution in [0.1, 0.15) is 26.7 Å². The molecule has 0 aromatic rings. The molecule has 1 spiro atoms. The molecule has 1 saturated carbocycles. The second kappa shape index (κ2) is 1.15. The summed E-state index contributed by atoms with van der Waals surface area (Å²) in [5.41, 5.74) is 0. The summed E-state index contributed by atoms with van der Waals surface area (Å²) in [6.07, 6.45) is 2.95. The molecule has 0 bridgehead atoms. The molecule has 1 aliphatic carbocycles. The lowest BCUT2D eigenvalue weighted by molar-refractivity contribution is 0.260. The van der Waals surface area contributed by atoms with E-state index in [0.29, 0.717) is 0 Å². The van der Waals surface area contributed by atoms with E-state index in [1.165, 1.54) is 12.8 Å². The zero-order valence-electron chi connectivity index (χ0n) is 5.65. The van der Waals surface area contributed by atoms with Crippen LogP contribution in [0.3, 0.4) is 0 Å². The van der Waals surface area contributed by atoms with Crippen LogP contribution < -0.4 is 0 Å². The van der Waals surface area contributed by atoms with Crippen LogP contribution in [-0.4, -0.2) is 7.28 Å². The average Bonchev–Trinajstić information content (AvgIpc) is 2.40. The molecule has 2 fully saturated rings.